The second-order valence-corrected chi connectivity index (χ2v) is 12.0. The minimum absolute atomic E-state index is 0.0342. The van der Waals surface area contributed by atoms with Crippen LogP contribution in [0.3, 0.4) is 0 Å². The molecule has 35 heavy (non-hydrogen) atoms. The van der Waals surface area contributed by atoms with Crippen LogP contribution in [0, 0.1) is 0 Å². The van der Waals surface area contributed by atoms with Crippen LogP contribution in [0.4, 0.5) is 17.6 Å². The standard InChI is InChI=1S/C23H21F4N4O3P/c1-14(24)21(32)29-12-17(13-29)30-19-18(35(34)10-2-3-11-35)8-9-28-20(19)31(22(30)33)16-6-4-15(5-7-16)23(25,26)27/h4-9,17H,1-3,10-13H2. The van der Waals surface area contributed by atoms with E-state index >= 15 is 0 Å². The Hall–Kier alpha value is -3.20. The van der Waals surface area contributed by atoms with Gasteiger partial charge in [0.05, 0.1) is 17.3 Å². The SMILES string of the molecule is C=C(F)C(=O)N1CC(n2c(=O)n(-c3ccc(C(F)(F)F)cc3)c3nccc(P4(=O)CCCC4)c32)C1. The average molecular weight is 508 g/mol. The van der Waals surface area contributed by atoms with Gasteiger partial charge in [0.1, 0.15) is 12.7 Å². The number of likely N-dealkylation sites (tertiary alicyclic amines) is 1. The molecule has 2 fully saturated rings. The molecule has 0 radical (unpaired) electrons. The second-order valence-electron chi connectivity index (χ2n) is 8.85. The Morgan fingerprint density at radius 1 is 1.09 bits per heavy atom. The third-order valence-electron chi connectivity index (χ3n) is 6.66. The number of pyridine rings is 1. The summed E-state index contributed by atoms with van der Waals surface area (Å²) in [5.41, 5.74) is -0.748. The summed E-state index contributed by atoms with van der Waals surface area (Å²) in [6.07, 6.45) is -0.535. The Morgan fingerprint density at radius 3 is 2.29 bits per heavy atom. The number of nitrogens with zero attached hydrogens (tertiary/aromatic N) is 4. The molecule has 0 unspecified atom stereocenters. The summed E-state index contributed by atoms with van der Waals surface area (Å²) in [6.45, 7) is 3.08. The van der Waals surface area contributed by atoms with Crippen molar-refractivity contribution in [2.75, 3.05) is 25.4 Å². The zero-order chi connectivity index (χ0) is 25.1. The maximum absolute atomic E-state index is 13.8. The van der Waals surface area contributed by atoms with E-state index in [9.17, 15) is 31.7 Å². The second kappa shape index (κ2) is 8.19. The Labute approximate surface area is 197 Å². The van der Waals surface area contributed by atoms with Crippen LogP contribution >= 0.6 is 7.14 Å². The first-order valence-corrected chi connectivity index (χ1v) is 13.1. The lowest BCUT2D eigenvalue weighted by Gasteiger charge is -2.39. The maximum atomic E-state index is 13.8. The van der Waals surface area contributed by atoms with Gasteiger partial charge in [-0.3, -0.25) is 9.36 Å². The highest BCUT2D eigenvalue weighted by molar-refractivity contribution is 7.72. The van der Waals surface area contributed by atoms with Crippen molar-refractivity contribution in [3.05, 3.63) is 65.0 Å². The van der Waals surface area contributed by atoms with E-state index in [1.165, 1.54) is 32.4 Å². The summed E-state index contributed by atoms with van der Waals surface area (Å²) < 4.78 is 68.9. The van der Waals surface area contributed by atoms with Crippen LogP contribution in [0.15, 0.2) is 53.7 Å². The molecule has 0 bridgehead atoms. The van der Waals surface area contributed by atoms with Gasteiger partial charge in [0, 0.05) is 36.9 Å². The van der Waals surface area contributed by atoms with E-state index in [4.69, 9.17) is 0 Å². The van der Waals surface area contributed by atoms with E-state index in [0.717, 1.165) is 25.0 Å². The van der Waals surface area contributed by atoms with Crippen molar-refractivity contribution in [3.8, 4) is 5.69 Å². The van der Waals surface area contributed by atoms with Crippen molar-refractivity contribution in [1.29, 1.82) is 0 Å². The molecule has 2 saturated heterocycles. The monoisotopic (exact) mass is 508 g/mol. The molecule has 7 nitrogen and oxygen atoms in total. The van der Waals surface area contributed by atoms with Gasteiger partial charge < -0.3 is 9.46 Å². The molecule has 0 N–H and O–H groups in total. The molecule has 0 spiro atoms. The molecule has 0 saturated carbocycles. The Balaban J connectivity index is 1.69. The number of carbonyl (C=O) groups is 1. The number of hydrogen-bond acceptors (Lipinski definition) is 4. The summed E-state index contributed by atoms with van der Waals surface area (Å²) in [6, 6.07) is 5.22. The van der Waals surface area contributed by atoms with Crippen molar-refractivity contribution in [1.82, 2.24) is 19.0 Å². The maximum Gasteiger partial charge on any atom is 0.416 e. The fourth-order valence-electron chi connectivity index (χ4n) is 4.86. The van der Waals surface area contributed by atoms with Gasteiger partial charge in [-0.05, 0) is 43.2 Å². The first-order chi connectivity index (χ1) is 16.5. The van der Waals surface area contributed by atoms with E-state index in [1.54, 1.807) is 6.07 Å². The van der Waals surface area contributed by atoms with Crippen LogP contribution in [-0.4, -0.2) is 50.3 Å². The van der Waals surface area contributed by atoms with Gasteiger partial charge in [0.15, 0.2) is 11.5 Å². The van der Waals surface area contributed by atoms with E-state index in [-0.39, 0.29) is 24.4 Å². The van der Waals surface area contributed by atoms with Crippen LogP contribution in [-0.2, 0) is 15.5 Å². The molecule has 1 aromatic carbocycles. The fourth-order valence-corrected chi connectivity index (χ4v) is 7.97. The molecule has 2 aliphatic heterocycles. The zero-order valence-electron chi connectivity index (χ0n) is 18.5. The number of aromatic nitrogens is 3. The third kappa shape index (κ3) is 3.82. The van der Waals surface area contributed by atoms with Gasteiger partial charge >= 0.3 is 11.9 Å². The predicted molar refractivity (Wildman–Crippen MR) is 122 cm³/mol. The van der Waals surface area contributed by atoms with Crippen LogP contribution in [0.5, 0.6) is 0 Å². The summed E-state index contributed by atoms with van der Waals surface area (Å²) >= 11 is 0. The van der Waals surface area contributed by atoms with Crippen molar-refractivity contribution in [2.24, 2.45) is 0 Å². The highest BCUT2D eigenvalue weighted by atomic mass is 31.2. The van der Waals surface area contributed by atoms with Gasteiger partial charge in [-0.1, -0.05) is 6.58 Å². The number of rotatable bonds is 4. The van der Waals surface area contributed by atoms with Gasteiger partial charge in [0.25, 0.3) is 5.91 Å². The lowest BCUT2D eigenvalue weighted by molar-refractivity contribution is -0.137. The average Bonchev–Trinajstić information content (AvgIpc) is 3.34. The number of hydrogen-bond donors (Lipinski definition) is 0. The van der Waals surface area contributed by atoms with Crippen LogP contribution < -0.4 is 11.0 Å². The minimum Gasteiger partial charge on any atom is -0.332 e. The van der Waals surface area contributed by atoms with E-state index in [0.29, 0.717) is 23.1 Å². The number of carbonyl (C=O) groups excluding carboxylic acids is 1. The van der Waals surface area contributed by atoms with Crippen molar-refractivity contribution in [3.63, 3.8) is 0 Å². The minimum atomic E-state index is -4.53. The lowest BCUT2D eigenvalue weighted by Crippen LogP contribution is -2.53. The zero-order valence-corrected chi connectivity index (χ0v) is 19.4. The van der Waals surface area contributed by atoms with Crippen molar-refractivity contribution >= 4 is 29.5 Å². The van der Waals surface area contributed by atoms with Crippen molar-refractivity contribution in [2.45, 2.75) is 25.1 Å². The molecule has 0 aliphatic carbocycles. The van der Waals surface area contributed by atoms with Crippen molar-refractivity contribution < 1.29 is 26.9 Å². The molecule has 0 atom stereocenters. The van der Waals surface area contributed by atoms with Crippen LogP contribution in [0.1, 0.15) is 24.4 Å². The molecule has 1 amide bonds. The molecule has 2 aliphatic rings. The number of amides is 1. The summed E-state index contributed by atoms with van der Waals surface area (Å²) in [4.78, 5) is 31.1. The van der Waals surface area contributed by atoms with Crippen LogP contribution in [0.2, 0.25) is 0 Å². The first-order valence-electron chi connectivity index (χ1n) is 11.0. The third-order valence-corrected chi connectivity index (χ3v) is 9.98. The van der Waals surface area contributed by atoms with Gasteiger partial charge in [-0.2, -0.15) is 13.2 Å². The van der Waals surface area contributed by atoms with E-state index < -0.39 is 42.3 Å². The normalized spacial score (nSPS) is 18.1. The molecule has 3 aromatic rings. The molecule has 5 rings (SSSR count). The highest BCUT2D eigenvalue weighted by Crippen LogP contribution is 2.52. The first kappa shape index (κ1) is 23.5. The fraction of sp³-hybridized carbons (Fsp3) is 0.348. The number of imidazole rings is 1. The number of benzene rings is 1. The quantitative estimate of drug-likeness (QED) is 0.305. The number of alkyl halides is 3. The highest BCUT2D eigenvalue weighted by Gasteiger charge is 2.39. The molecule has 184 valence electrons. The van der Waals surface area contributed by atoms with E-state index in [1.807, 2.05) is 0 Å². The summed E-state index contributed by atoms with van der Waals surface area (Å²) in [5, 5.41) is 0.502. The summed E-state index contributed by atoms with van der Waals surface area (Å²) in [7, 11) is -2.82. The van der Waals surface area contributed by atoms with Gasteiger partial charge in [-0.25, -0.2) is 18.7 Å². The van der Waals surface area contributed by atoms with Crippen LogP contribution in [0.25, 0.3) is 16.9 Å². The molecular formula is C23H21F4N4O3P. The largest absolute Gasteiger partial charge is 0.416 e. The Kier molecular flexibility index (Phi) is 5.51. The smallest absolute Gasteiger partial charge is 0.332 e. The number of fused-ring (bicyclic) bond motifs is 1. The topological polar surface area (TPSA) is 77.2 Å². The van der Waals surface area contributed by atoms with Gasteiger partial charge in [-0.15, -0.1) is 0 Å². The Bertz CT molecular complexity index is 1440. The molecular weight excluding hydrogens is 487 g/mol. The van der Waals surface area contributed by atoms with E-state index in [2.05, 4.69) is 11.6 Å². The molecule has 2 aromatic heterocycles. The summed E-state index contributed by atoms with van der Waals surface area (Å²) in [5.74, 6) is -1.98. The number of halogens is 4. The molecule has 4 heterocycles. The van der Waals surface area contributed by atoms with Gasteiger partial charge in [0.2, 0.25) is 0 Å². The molecule has 12 heteroatoms. The Morgan fingerprint density at radius 2 is 1.71 bits per heavy atom. The predicted octanol–water partition coefficient (Wildman–Crippen LogP) is 3.85. The lowest BCUT2D eigenvalue weighted by atomic mass is 10.1.